The summed E-state index contributed by atoms with van der Waals surface area (Å²) >= 11 is 0. The van der Waals surface area contributed by atoms with E-state index in [1.807, 2.05) is 178 Å². The molecule has 0 bridgehead atoms. The van der Waals surface area contributed by atoms with Crippen molar-refractivity contribution in [2.24, 2.45) is 0 Å². The molecule has 0 saturated carbocycles. The molecular formula is C116H116O12P16. The lowest BCUT2D eigenvalue weighted by Crippen LogP contribution is -2.04. The van der Waals surface area contributed by atoms with Crippen LogP contribution in [0.15, 0.2) is 334 Å². The molecule has 6 heterocycles. The maximum atomic E-state index is 12.7. The summed E-state index contributed by atoms with van der Waals surface area (Å²) in [4.78, 5) is 74.9. The van der Waals surface area contributed by atoms with Gasteiger partial charge in [-0.05, 0) is 341 Å². The van der Waals surface area contributed by atoms with Crippen LogP contribution in [-0.4, -0.2) is 0 Å². The summed E-state index contributed by atoms with van der Waals surface area (Å²) in [5.74, 6) is 0. The first-order valence-electron chi connectivity index (χ1n) is 47.0. The third-order valence-corrected chi connectivity index (χ3v) is 32.6. The predicted molar refractivity (Wildman–Crippen MR) is 667 cm³/mol. The third-order valence-electron chi connectivity index (χ3n) is 25.3. The molecule has 0 amide bonds. The van der Waals surface area contributed by atoms with Crippen LogP contribution >= 0.6 is 148 Å². The second-order valence-electron chi connectivity index (χ2n) is 34.9. The van der Waals surface area contributed by atoms with Crippen LogP contribution in [0.4, 0.5) is 0 Å². The number of fused-ring (bicyclic) bond motifs is 8. The van der Waals surface area contributed by atoms with E-state index in [2.05, 4.69) is 263 Å². The molecule has 14 aromatic carbocycles. The monoisotopic (exact) mass is 2200 g/mol. The largest absolute Gasteiger partial charge is 0.422 e. The fraction of sp³-hybridized carbons (Fsp3) is 0.155. The van der Waals surface area contributed by atoms with E-state index in [9.17, 15) is 28.8 Å². The smallest absolute Gasteiger partial charge is 0.344 e. The number of hydrogen-bond acceptors (Lipinski definition) is 12. The molecule has 732 valence electrons. The number of aryl methyl sites for hydroxylation is 2. The molecule has 0 aliphatic rings. The van der Waals surface area contributed by atoms with Crippen molar-refractivity contribution in [2.45, 2.75) is 112 Å². The van der Waals surface area contributed by atoms with E-state index < -0.39 is 0 Å². The lowest BCUT2D eigenvalue weighted by atomic mass is 9.99. The molecule has 0 N–H and O–H groups in total. The molecule has 0 aliphatic heterocycles. The summed E-state index contributed by atoms with van der Waals surface area (Å²) in [6.07, 6.45) is 13.6. The fourth-order valence-corrected chi connectivity index (χ4v) is 21.7. The lowest BCUT2D eigenvalue weighted by Gasteiger charge is -2.09. The van der Waals surface area contributed by atoms with Crippen LogP contribution in [-0.2, 0) is 98.6 Å². The fourth-order valence-electron chi connectivity index (χ4n) is 17.4. The van der Waals surface area contributed by atoms with Crippen molar-refractivity contribution >= 4 is 235 Å². The average Bonchev–Trinajstić information content (AvgIpc) is 0.833. The normalized spacial score (nSPS) is 11.2. The van der Waals surface area contributed by atoms with E-state index in [0.29, 0.717) is 66.9 Å². The SMILES string of the molecule is Cc1ccc(-c2cc3c(CP)cc(CP)cc3oc2=O)cc1.Cc1ccc(-c2cc3cc(CP)cc(CP)c3oc2=O)cc1.O=c1oc2c(CP)cc(CP)cc2cc1-c1ccc(CP)cc1.O=c1oc2c(CP)cc(CP)cc2cc1-c1ccc2cc(CP)ccc2c1.O=c1oc2cc(CP)cc(CP)c2cc1-c1ccc(CP)cc1.O=c1oc2cc(CP)cc(CP)c2cc1-c1ccc2cc(CP)ccc2c1. The zero-order chi connectivity index (χ0) is 102. The van der Waals surface area contributed by atoms with Gasteiger partial charge in [0.05, 0.1) is 33.4 Å². The minimum absolute atomic E-state index is 0.283. The maximum Gasteiger partial charge on any atom is 0.344 e. The molecule has 20 rings (SSSR count). The highest BCUT2D eigenvalue weighted by Gasteiger charge is 2.21. The van der Waals surface area contributed by atoms with Crippen LogP contribution in [0.5, 0.6) is 0 Å². The van der Waals surface area contributed by atoms with Crippen molar-refractivity contribution in [3.8, 4) is 66.8 Å². The van der Waals surface area contributed by atoms with Crippen molar-refractivity contribution < 1.29 is 26.5 Å². The Hall–Kier alpha value is -8.26. The second-order valence-corrected chi connectivity index (χ2v) is 41.4. The van der Waals surface area contributed by atoms with E-state index >= 15 is 0 Å². The maximum absolute atomic E-state index is 12.7. The predicted octanol–water partition coefficient (Wildman–Crippen LogP) is 29.7. The van der Waals surface area contributed by atoms with Gasteiger partial charge in [0.2, 0.25) is 0 Å². The van der Waals surface area contributed by atoms with Crippen molar-refractivity contribution in [1.29, 1.82) is 0 Å². The van der Waals surface area contributed by atoms with E-state index in [0.717, 1.165) is 208 Å². The van der Waals surface area contributed by atoms with Gasteiger partial charge in [0.1, 0.15) is 33.5 Å². The Balaban J connectivity index is 0.000000130. The van der Waals surface area contributed by atoms with E-state index in [1.54, 1.807) is 0 Å². The zero-order valence-corrected chi connectivity index (χ0v) is 98.5. The molecule has 12 nitrogen and oxygen atoms in total. The first-order valence-corrected chi connectivity index (χ1v) is 60.1. The van der Waals surface area contributed by atoms with Gasteiger partial charge in [0.25, 0.3) is 0 Å². The van der Waals surface area contributed by atoms with Crippen LogP contribution in [0, 0.1) is 13.8 Å². The number of benzene rings is 14. The minimum atomic E-state index is -0.293. The summed E-state index contributed by atoms with van der Waals surface area (Å²) in [5.41, 5.74) is 32.5. The van der Waals surface area contributed by atoms with Crippen molar-refractivity contribution in [3.05, 3.63) is 442 Å². The van der Waals surface area contributed by atoms with E-state index in [4.69, 9.17) is 26.5 Å². The molecule has 28 heteroatoms. The van der Waals surface area contributed by atoms with Crippen LogP contribution < -0.4 is 33.8 Å². The van der Waals surface area contributed by atoms with Gasteiger partial charge < -0.3 is 26.5 Å². The van der Waals surface area contributed by atoms with Gasteiger partial charge in [-0.3, -0.25) is 0 Å². The summed E-state index contributed by atoms with van der Waals surface area (Å²) in [6, 6.07) is 93.8. The lowest BCUT2D eigenvalue weighted by molar-refractivity contribution is 0.560. The van der Waals surface area contributed by atoms with Crippen LogP contribution in [0.1, 0.15) is 100 Å². The van der Waals surface area contributed by atoms with E-state index in [-0.39, 0.29) is 33.8 Å². The van der Waals surface area contributed by atoms with Gasteiger partial charge >= 0.3 is 33.8 Å². The quantitative estimate of drug-likeness (QED) is 0.0463. The third kappa shape index (κ3) is 26.2. The average molecular weight is 2200 g/mol. The first kappa shape index (κ1) is 110. The number of hydrogen-bond donors (Lipinski definition) is 0. The molecule has 0 saturated heterocycles. The number of rotatable bonds is 22. The molecule has 0 aliphatic carbocycles. The highest BCUT2D eigenvalue weighted by Crippen LogP contribution is 2.38. The molecule has 20 aromatic rings. The van der Waals surface area contributed by atoms with Gasteiger partial charge in [-0.2, -0.15) is 0 Å². The second kappa shape index (κ2) is 51.8. The van der Waals surface area contributed by atoms with Crippen LogP contribution in [0.25, 0.3) is 154 Å². The first-order chi connectivity index (χ1) is 69.8. The molecule has 0 fully saturated rings. The summed E-state index contributed by atoms with van der Waals surface area (Å²) in [6.45, 7) is 4.06. The molecule has 16 atom stereocenters. The summed E-state index contributed by atoms with van der Waals surface area (Å²) < 4.78 is 33.9. The molecule has 144 heavy (non-hydrogen) atoms. The van der Waals surface area contributed by atoms with E-state index in [1.165, 1.54) is 77.5 Å². The van der Waals surface area contributed by atoms with Gasteiger partial charge in [-0.15, -0.1) is 148 Å². The Morgan fingerprint density at radius 3 is 0.639 bits per heavy atom. The Morgan fingerprint density at radius 2 is 0.368 bits per heavy atom. The topological polar surface area (TPSA) is 181 Å². The summed E-state index contributed by atoms with van der Waals surface area (Å²) in [7, 11) is 43.6. The molecule has 0 spiro atoms. The van der Waals surface area contributed by atoms with Gasteiger partial charge in [-0.1, -0.05) is 205 Å². The Bertz CT molecular complexity index is 8540. The molecule has 6 aromatic heterocycles. The van der Waals surface area contributed by atoms with Crippen molar-refractivity contribution in [2.75, 3.05) is 0 Å². The molecule has 0 radical (unpaired) electrons. The van der Waals surface area contributed by atoms with Gasteiger partial charge in [0.15, 0.2) is 0 Å². The highest BCUT2D eigenvalue weighted by atomic mass is 31.0. The van der Waals surface area contributed by atoms with Gasteiger partial charge in [0, 0.05) is 32.3 Å². The Kier molecular flexibility index (Phi) is 39.5. The van der Waals surface area contributed by atoms with Crippen LogP contribution in [0.2, 0.25) is 0 Å². The Labute approximate surface area is 875 Å². The molecule has 16 unspecified atom stereocenters. The zero-order valence-electron chi connectivity index (χ0n) is 80.0. The summed E-state index contributed by atoms with van der Waals surface area (Å²) in [5, 5.41) is 10.6. The molecular weight excluding hydrogens is 2080 g/mol. The highest BCUT2D eigenvalue weighted by molar-refractivity contribution is 7.18. The van der Waals surface area contributed by atoms with Crippen LogP contribution in [0.3, 0.4) is 0 Å². The minimum Gasteiger partial charge on any atom is -0.422 e. The van der Waals surface area contributed by atoms with Gasteiger partial charge in [-0.25, -0.2) is 28.8 Å². The van der Waals surface area contributed by atoms with Crippen molar-refractivity contribution in [3.63, 3.8) is 0 Å². The Morgan fingerprint density at radius 1 is 0.167 bits per heavy atom. The standard InChI is InChI=1S/2C22H21O2P3.2C18H19O2P3.2C18H18O2P2/c23-22-20(9-19-18(12-27)6-14(11-26)7-21(19)24-22)17-4-3-15-5-13(10-25)1-2-16(15)8-17;23-22-20(9-18-6-14(11-26)7-19(12-27)21(18)24-22)17-4-3-15-5-13(10-25)1-2-16(15)8-17;19-18-16(13-3-1-11(8-21)2-4-13)7-15-14(10-23)5-12(9-22)6-17(15)20-18;19-18-16(13-3-1-11(8-21)2-4-13)7-14-5-12(9-22)6-15(10-23)17(14)20-18;1-11-2-4-13(5-3-11)16-8-15-14(10-22)6-12(9-21)7-17(15)20-18(16)19;1-11-2-4-13(5-3-11)16-8-14-6-12(9-21)7-15(10-22)17(14)20-18(16)19/h2*1-9H,10-12,25-27H2;2*1-7H,8-10,21-23H2;2*2-8H,9-10,21-22H2,1H3. The van der Waals surface area contributed by atoms with Crippen molar-refractivity contribution in [1.82, 2.24) is 0 Å².